The van der Waals surface area contributed by atoms with E-state index in [2.05, 4.69) is 5.32 Å². The summed E-state index contributed by atoms with van der Waals surface area (Å²) in [5.74, 6) is 1.27. The van der Waals surface area contributed by atoms with E-state index < -0.39 is 0 Å². The van der Waals surface area contributed by atoms with E-state index in [1.165, 1.54) is 12.8 Å². The molecular weight excluding hydrogens is 216 g/mol. The predicted octanol–water partition coefficient (Wildman–Crippen LogP) is 0.904. The number of carbonyl (C=O) groups is 1. The molecule has 3 atom stereocenters. The van der Waals surface area contributed by atoms with Crippen molar-refractivity contribution in [2.45, 2.75) is 32.1 Å². The van der Waals surface area contributed by atoms with Gasteiger partial charge in [-0.3, -0.25) is 4.79 Å². The van der Waals surface area contributed by atoms with Gasteiger partial charge in [-0.05, 0) is 31.7 Å². The van der Waals surface area contributed by atoms with Gasteiger partial charge in [0.15, 0.2) is 0 Å². The van der Waals surface area contributed by atoms with E-state index in [1.54, 1.807) is 0 Å². The van der Waals surface area contributed by atoms with Gasteiger partial charge >= 0.3 is 0 Å². The van der Waals surface area contributed by atoms with Gasteiger partial charge in [0, 0.05) is 25.0 Å². The lowest BCUT2D eigenvalue weighted by Crippen LogP contribution is -2.41. The lowest BCUT2D eigenvalue weighted by Gasteiger charge is -2.29. The second-order valence-electron chi connectivity index (χ2n) is 5.36. The average Bonchev–Trinajstić information content (AvgIpc) is 2.89. The van der Waals surface area contributed by atoms with Crippen LogP contribution in [-0.4, -0.2) is 32.2 Å². The largest absolute Gasteiger partial charge is 0.381 e. The molecule has 0 bridgehead atoms. The maximum atomic E-state index is 12.1. The standard InChI is InChI=1S/C13H24N2O2/c14-7-11-3-1-2-4-12(11)13(16)15-8-10-5-6-17-9-10/h10-12H,1-9,14H2,(H,15,16). The van der Waals surface area contributed by atoms with Gasteiger partial charge in [0.05, 0.1) is 6.61 Å². The summed E-state index contributed by atoms with van der Waals surface area (Å²) in [4.78, 5) is 12.1. The fourth-order valence-electron chi connectivity index (χ4n) is 2.96. The molecule has 4 nitrogen and oxygen atoms in total. The maximum absolute atomic E-state index is 12.1. The Bertz CT molecular complexity index is 252. The van der Waals surface area contributed by atoms with Crippen molar-refractivity contribution in [3.8, 4) is 0 Å². The average molecular weight is 240 g/mol. The first-order valence-corrected chi connectivity index (χ1v) is 6.86. The molecule has 1 aliphatic carbocycles. The van der Waals surface area contributed by atoms with Crippen molar-refractivity contribution in [1.29, 1.82) is 0 Å². The molecule has 1 amide bonds. The van der Waals surface area contributed by atoms with Gasteiger partial charge in [0.25, 0.3) is 0 Å². The monoisotopic (exact) mass is 240 g/mol. The van der Waals surface area contributed by atoms with E-state index in [9.17, 15) is 4.79 Å². The van der Waals surface area contributed by atoms with Crippen molar-refractivity contribution in [3.05, 3.63) is 0 Å². The highest BCUT2D eigenvalue weighted by Gasteiger charge is 2.30. The minimum atomic E-state index is 0.149. The van der Waals surface area contributed by atoms with E-state index in [-0.39, 0.29) is 11.8 Å². The highest BCUT2D eigenvalue weighted by molar-refractivity contribution is 5.79. The van der Waals surface area contributed by atoms with Crippen LogP contribution in [0, 0.1) is 17.8 Å². The summed E-state index contributed by atoms with van der Waals surface area (Å²) in [6.07, 6.45) is 5.59. The fourth-order valence-corrected chi connectivity index (χ4v) is 2.96. The SMILES string of the molecule is NCC1CCCCC1C(=O)NCC1CCOC1. The van der Waals surface area contributed by atoms with E-state index in [4.69, 9.17) is 10.5 Å². The third-order valence-corrected chi connectivity index (χ3v) is 4.14. The molecule has 3 N–H and O–H groups in total. The lowest BCUT2D eigenvalue weighted by molar-refractivity contribution is -0.127. The number of rotatable bonds is 4. The summed E-state index contributed by atoms with van der Waals surface area (Å²) < 4.78 is 5.31. The van der Waals surface area contributed by atoms with Crippen LogP contribution in [0.15, 0.2) is 0 Å². The molecule has 1 saturated carbocycles. The molecule has 1 aliphatic heterocycles. The molecule has 1 saturated heterocycles. The first-order valence-electron chi connectivity index (χ1n) is 6.86. The Morgan fingerprint density at radius 2 is 2.12 bits per heavy atom. The van der Waals surface area contributed by atoms with Crippen molar-refractivity contribution < 1.29 is 9.53 Å². The summed E-state index contributed by atoms with van der Waals surface area (Å²) in [5.41, 5.74) is 5.75. The molecule has 0 radical (unpaired) electrons. The number of amides is 1. The molecular formula is C13H24N2O2. The number of hydrogen-bond acceptors (Lipinski definition) is 3. The lowest BCUT2D eigenvalue weighted by atomic mass is 9.78. The minimum Gasteiger partial charge on any atom is -0.381 e. The van der Waals surface area contributed by atoms with Crippen LogP contribution in [0.1, 0.15) is 32.1 Å². The number of nitrogens with two attached hydrogens (primary N) is 1. The van der Waals surface area contributed by atoms with Gasteiger partial charge in [-0.15, -0.1) is 0 Å². The molecule has 0 spiro atoms. The number of ether oxygens (including phenoxy) is 1. The van der Waals surface area contributed by atoms with Crippen molar-refractivity contribution in [2.75, 3.05) is 26.3 Å². The molecule has 0 aromatic rings. The highest BCUT2D eigenvalue weighted by atomic mass is 16.5. The first-order chi connectivity index (χ1) is 8.31. The van der Waals surface area contributed by atoms with Gasteiger partial charge in [0.2, 0.25) is 5.91 Å². The summed E-state index contributed by atoms with van der Waals surface area (Å²) in [7, 11) is 0. The maximum Gasteiger partial charge on any atom is 0.223 e. The summed E-state index contributed by atoms with van der Waals surface area (Å²) >= 11 is 0. The Kier molecular flexibility index (Phi) is 4.80. The van der Waals surface area contributed by atoms with E-state index in [0.717, 1.165) is 39.0 Å². The molecule has 3 unspecified atom stereocenters. The molecule has 2 aliphatic rings. The van der Waals surface area contributed by atoms with Crippen LogP contribution in [0.5, 0.6) is 0 Å². The van der Waals surface area contributed by atoms with Crippen molar-refractivity contribution in [1.82, 2.24) is 5.32 Å². The van der Waals surface area contributed by atoms with Gasteiger partial charge in [-0.25, -0.2) is 0 Å². The topological polar surface area (TPSA) is 64.4 Å². The number of hydrogen-bond donors (Lipinski definition) is 2. The third-order valence-electron chi connectivity index (χ3n) is 4.14. The second-order valence-corrected chi connectivity index (χ2v) is 5.36. The van der Waals surface area contributed by atoms with Gasteiger partial charge in [0.1, 0.15) is 0 Å². The van der Waals surface area contributed by atoms with Gasteiger partial charge < -0.3 is 15.8 Å². The third kappa shape index (κ3) is 3.42. The van der Waals surface area contributed by atoms with Gasteiger partial charge in [-0.1, -0.05) is 12.8 Å². The smallest absolute Gasteiger partial charge is 0.223 e. The molecule has 17 heavy (non-hydrogen) atoms. The summed E-state index contributed by atoms with van der Waals surface area (Å²) in [5, 5.41) is 3.08. The molecule has 4 heteroatoms. The zero-order valence-corrected chi connectivity index (χ0v) is 10.5. The molecule has 0 aromatic heterocycles. The van der Waals surface area contributed by atoms with Crippen molar-refractivity contribution in [2.24, 2.45) is 23.5 Å². The van der Waals surface area contributed by atoms with E-state index in [1.807, 2.05) is 0 Å². The highest BCUT2D eigenvalue weighted by Crippen LogP contribution is 2.29. The zero-order chi connectivity index (χ0) is 12.1. The van der Waals surface area contributed by atoms with Crippen molar-refractivity contribution in [3.63, 3.8) is 0 Å². The summed E-state index contributed by atoms with van der Waals surface area (Å²) in [6, 6.07) is 0. The van der Waals surface area contributed by atoms with Crippen LogP contribution in [0.2, 0.25) is 0 Å². The van der Waals surface area contributed by atoms with Crippen LogP contribution < -0.4 is 11.1 Å². The Balaban J connectivity index is 1.76. The second kappa shape index (κ2) is 6.36. The van der Waals surface area contributed by atoms with Crippen LogP contribution >= 0.6 is 0 Å². The number of nitrogens with one attached hydrogen (secondary N) is 1. The minimum absolute atomic E-state index is 0.149. The number of carbonyl (C=O) groups excluding carboxylic acids is 1. The fraction of sp³-hybridized carbons (Fsp3) is 0.923. The zero-order valence-electron chi connectivity index (χ0n) is 10.5. The molecule has 0 aromatic carbocycles. The normalized spacial score (nSPS) is 33.6. The molecule has 98 valence electrons. The summed E-state index contributed by atoms with van der Waals surface area (Å²) in [6.45, 7) is 3.05. The van der Waals surface area contributed by atoms with Crippen LogP contribution in [-0.2, 0) is 9.53 Å². The molecule has 1 heterocycles. The van der Waals surface area contributed by atoms with Crippen LogP contribution in [0.25, 0.3) is 0 Å². The Morgan fingerprint density at radius 3 is 2.82 bits per heavy atom. The first kappa shape index (κ1) is 12.8. The quantitative estimate of drug-likeness (QED) is 0.767. The Morgan fingerprint density at radius 1 is 1.29 bits per heavy atom. The van der Waals surface area contributed by atoms with E-state index in [0.29, 0.717) is 18.4 Å². The molecule has 2 rings (SSSR count). The van der Waals surface area contributed by atoms with E-state index >= 15 is 0 Å². The Labute approximate surface area is 103 Å². The van der Waals surface area contributed by atoms with Crippen LogP contribution in [0.3, 0.4) is 0 Å². The predicted molar refractivity (Wildman–Crippen MR) is 66.4 cm³/mol. The Hall–Kier alpha value is -0.610. The van der Waals surface area contributed by atoms with Crippen molar-refractivity contribution >= 4 is 5.91 Å². The van der Waals surface area contributed by atoms with Crippen LogP contribution in [0.4, 0.5) is 0 Å². The molecule has 2 fully saturated rings. The van der Waals surface area contributed by atoms with Gasteiger partial charge in [-0.2, -0.15) is 0 Å².